The van der Waals surface area contributed by atoms with E-state index in [1.807, 2.05) is 27.7 Å². The van der Waals surface area contributed by atoms with Gasteiger partial charge in [0, 0.05) is 0 Å². The second-order valence-corrected chi connectivity index (χ2v) is 8.61. The van der Waals surface area contributed by atoms with Crippen molar-refractivity contribution in [3.05, 3.63) is 0 Å². The average molecular weight is 366 g/mol. The Morgan fingerprint density at radius 3 is 1.67 bits per heavy atom. The molecular weight excluding hydrogens is 336 g/mol. The van der Waals surface area contributed by atoms with Gasteiger partial charge in [-0.25, -0.2) is 0 Å². The standard InChI is InChI=1S/C16H30O7S/c1-10(2)7-12(5)22-15(17)9-14(24(19,20)21)16(18)23-13(6)8-11(3)4/h10-14H,7-9H2,1-6H3,(H,19,20,21)/t12-,13+,14-/m0/s1. The minimum absolute atomic E-state index is 0.249. The number of hydrogen-bond donors (Lipinski definition) is 1. The monoisotopic (exact) mass is 366 g/mol. The van der Waals surface area contributed by atoms with E-state index in [1.165, 1.54) is 0 Å². The van der Waals surface area contributed by atoms with Crippen molar-refractivity contribution in [1.82, 2.24) is 0 Å². The number of hydrogen-bond acceptors (Lipinski definition) is 6. The minimum Gasteiger partial charge on any atom is -0.463 e. The first kappa shape index (κ1) is 22.9. The Balaban J connectivity index is 4.85. The molecule has 0 aromatic heterocycles. The SMILES string of the molecule is CC(C)C[C@@H](C)OC(=O)[C@H](CC(=O)O[C@@H](C)CC(C)C)S(=O)(=O)O. The maximum absolute atomic E-state index is 12.0. The van der Waals surface area contributed by atoms with E-state index in [-0.39, 0.29) is 5.92 Å². The first-order valence-electron chi connectivity index (χ1n) is 8.19. The minimum atomic E-state index is -4.77. The van der Waals surface area contributed by atoms with Gasteiger partial charge in [-0.1, -0.05) is 27.7 Å². The predicted octanol–water partition coefficient (Wildman–Crippen LogP) is 2.59. The van der Waals surface area contributed by atoms with E-state index in [1.54, 1.807) is 13.8 Å². The van der Waals surface area contributed by atoms with E-state index in [9.17, 15) is 22.6 Å². The van der Waals surface area contributed by atoms with Crippen LogP contribution in [0.4, 0.5) is 0 Å². The van der Waals surface area contributed by atoms with Crippen LogP contribution in [0.2, 0.25) is 0 Å². The lowest BCUT2D eigenvalue weighted by atomic mass is 10.1. The topological polar surface area (TPSA) is 107 Å². The van der Waals surface area contributed by atoms with Crippen molar-refractivity contribution in [2.75, 3.05) is 0 Å². The molecule has 3 atom stereocenters. The Hall–Kier alpha value is -1.15. The van der Waals surface area contributed by atoms with Gasteiger partial charge in [0.05, 0.1) is 18.6 Å². The molecule has 0 heterocycles. The number of rotatable bonds is 10. The maximum Gasteiger partial charge on any atom is 0.327 e. The molecule has 1 N–H and O–H groups in total. The molecule has 0 aromatic carbocycles. The summed E-state index contributed by atoms with van der Waals surface area (Å²) in [6.07, 6.45) is -0.542. The second-order valence-electron chi connectivity index (χ2n) is 7.01. The van der Waals surface area contributed by atoms with Crippen molar-refractivity contribution < 1.29 is 32.0 Å². The summed E-state index contributed by atoms with van der Waals surface area (Å²) in [5.41, 5.74) is 0. The van der Waals surface area contributed by atoms with Crippen LogP contribution in [-0.2, 0) is 29.2 Å². The zero-order chi connectivity index (χ0) is 19.1. The van der Waals surface area contributed by atoms with E-state index < -0.39 is 45.9 Å². The molecule has 0 aliphatic carbocycles. The fourth-order valence-corrected chi connectivity index (χ4v) is 3.08. The van der Waals surface area contributed by atoms with Gasteiger partial charge >= 0.3 is 11.9 Å². The van der Waals surface area contributed by atoms with Crippen molar-refractivity contribution in [1.29, 1.82) is 0 Å². The second kappa shape index (κ2) is 9.98. The molecule has 0 saturated carbocycles. The third-order valence-electron chi connectivity index (χ3n) is 3.23. The van der Waals surface area contributed by atoms with Crippen LogP contribution in [0.5, 0.6) is 0 Å². The van der Waals surface area contributed by atoms with Gasteiger partial charge in [0.25, 0.3) is 10.1 Å². The predicted molar refractivity (Wildman–Crippen MR) is 90.0 cm³/mol. The Bertz CT molecular complexity index is 511. The lowest BCUT2D eigenvalue weighted by Gasteiger charge is -2.20. The normalized spacial score (nSPS) is 15.9. The molecule has 24 heavy (non-hydrogen) atoms. The lowest BCUT2D eigenvalue weighted by Crippen LogP contribution is -2.36. The summed E-state index contributed by atoms with van der Waals surface area (Å²) in [6, 6.07) is 0. The van der Waals surface area contributed by atoms with Crippen LogP contribution in [0.1, 0.15) is 60.8 Å². The van der Waals surface area contributed by atoms with E-state index in [2.05, 4.69) is 0 Å². The van der Waals surface area contributed by atoms with Crippen LogP contribution in [0.3, 0.4) is 0 Å². The Morgan fingerprint density at radius 2 is 1.29 bits per heavy atom. The van der Waals surface area contributed by atoms with Crippen molar-refractivity contribution in [3.63, 3.8) is 0 Å². The average Bonchev–Trinajstić information content (AvgIpc) is 2.31. The van der Waals surface area contributed by atoms with E-state index in [4.69, 9.17) is 9.47 Å². The van der Waals surface area contributed by atoms with Gasteiger partial charge < -0.3 is 9.47 Å². The van der Waals surface area contributed by atoms with Crippen molar-refractivity contribution in [2.24, 2.45) is 11.8 Å². The van der Waals surface area contributed by atoms with Crippen LogP contribution in [0.25, 0.3) is 0 Å². The third kappa shape index (κ3) is 9.87. The highest BCUT2D eigenvalue weighted by molar-refractivity contribution is 7.87. The molecule has 0 unspecified atom stereocenters. The summed E-state index contributed by atoms with van der Waals surface area (Å²) in [7, 11) is -4.77. The summed E-state index contributed by atoms with van der Waals surface area (Å²) in [6.45, 7) is 11.1. The van der Waals surface area contributed by atoms with Crippen LogP contribution in [-0.4, -0.2) is 42.4 Å². The Morgan fingerprint density at radius 1 is 0.875 bits per heavy atom. The highest BCUT2D eigenvalue weighted by atomic mass is 32.2. The van der Waals surface area contributed by atoms with Gasteiger partial charge in [-0.2, -0.15) is 8.42 Å². The van der Waals surface area contributed by atoms with Crippen molar-refractivity contribution in [3.8, 4) is 0 Å². The van der Waals surface area contributed by atoms with E-state index in [0.717, 1.165) is 0 Å². The Kier molecular flexibility index (Phi) is 9.50. The molecule has 0 fully saturated rings. The molecule has 0 spiro atoms. The van der Waals surface area contributed by atoms with Crippen LogP contribution >= 0.6 is 0 Å². The molecule has 8 heteroatoms. The summed E-state index contributed by atoms with van der Waals surface area (Å²) < 4.78 is 42.2. The van der Waals surface area contributed by atoms with Crippen LogP contribution < -0.4 is 0 Å². The molecule has 0 aliphatic rings. The zero-order valence-electron chi connectivity index (χ0n) is 15.3. The fraction of sp³-hybridized carbons (Fsp3) is 0.875. The molecule has 142 valence electrons. The van der Waals surface area contributed by atoms with Gasteiger partial charge in [-0.05, 0) is 38.5 Å². The lowest BCUT2D eigenvalue weighted by molar-refractivity contribution is -0.155. The summed E-state index contributed by atoms with van der Waals surface area (Å²) in [4.78, 5) is 23.9. The molecule has 0 rings (SSSR count). The zero-order valence-corrected chi connectivity index (χ0v) is 16.1. The number of ether oxygens (including phenoxy) is 2. The first-order chi connectivity index (χ1) is 10.8. The smallest absolute Gasteiger partial charge is 0.327 e. The number of esters is 2. The van der Waals surface area contributed by atoms with E-state index >= 15 is 0 Å². The van der Waals surface area contributed by atoms with Crippen LogP contribution in [0, 0.1) is 11.8 Å². The number of carbonyl (C=O) groups is 2. The van der Waals surface area contributed by atoms with Gasteiger partial charge in [0.2, 0.25) is 0 Å². The molecule has 0 aliphatic heterocycles. The van der Waals surface area contributed by atoms with Gasteiger partial charge in [-0.15, -0.1) is 0 Å². The van der Waals surface area contributed by atoms with Crippen molar-refractivity contribution in [2.45, 2.75) is 78.3 Å². The summed E-state index contributed by atoms with van der Waals surface area (Å²) >= 11 is 0. The summed E-state index contributed by atoms with van der Waals surface area (Å²) in [5.74, 6) is -1.45. The van der Waals surface area contributed by atoms with Gasteiger partial charge in [-0.3, -0.25) is 14.1 Å². The molecule has 0 aromatic rings. The Labute approximate surface area is 144 Å². The van der Waals surface area contributed by atoms with Gasteiger partial charge in [0.15, 0.2) is 5.25 Å². The first-order valence-corrected chi connectivity index (χ1v) is 9.69. The molecule has 0 bridgehead atoms. The highest BCUT2D eigenvalue weighted by Crippen LogP contribution is 2.15. The molecule has 0 amide bonds. The maximum atomic E-state index is 12.0. The molecular formula is C16H30O7S. The largest absolute Gasteiger partial charge is 0.463 e. The number of carbonyl (C=O) groups excluding carboxylic acids is 2. The molecule has 0 radical (unpaired) electrons. The molecule has 0 saturated heterocycles. The van der Waals surface area contributed by atoms with Crippen molar-refractivity contribution >= 4 is 22.1 Å². The highest BCUT2D eigenvalue weighted by Gasteiger charge is 2.36. The fourth-order valence-electron chi connectivity index (χ4n) is 2.43. The molecule has 7 nitrogen and oxygen atoms in total. The van der Waals surface area contributed by atoms with E-state index in [0.29, 0.717) is 18.8 Å². The third-order valence-corrected chi connectivity index (χ3v) is 4.31. The summed E-state index contributed by atoms with van der Waals surface area (Å²) in [5, 5.41) is -1.97. The van der Waals surface area contributed by atoms with Crippen LogP contribution in [0.15, 0.2) is 0 Å². The van der Waals surface area contributed by atoms with Gasteiger partial charge in [0.1, 0.15) is 0 Å². The quantitative estimate of drug-likeness (QED) is 0.468.